The summed E-state index contributed by atoms with van der Waals surface area (Å²) in [7, 11) is -1.78. The van der Waals surface area contributed by atoms with Gasteiger partial charge in [-0.1, -0.05) is 0 Å². The molecule has 0 amide bonds. The maximum Gasteiger partial charge on any atom is 0.279 e. The summed E-state index contributed by atoms with van der Waals surface area (Å²) in [5, 5.41) is 3.08. The van der Waals surface area contributed by atoms with Crippen molar-refractivity contribution in [1.29, 1.82) is 0 Å². The number of hydrogen-bond acceptors (Lipinski definition) is 5. The number of ether oxygens (including phenoxy) is 2. The molecule has 2 unspecified atom stereocenters. The largest absolute Gasteiger partial charge is 0.383 e. The van der Waals surface area contributed by atoms with E-state index in [0.717, 1.165) is 0 Å². The summed E-state index contributed by atoms with van der Waals surface area (Å²) in [5.41, 5.74) is 0. The average Bonchev–Trinajstić information content (AvgIpc) is 2.32. The zero-order chi connectivity index (χ0) is 14.3. The third kappa shape index (κ3) is 6.15. The van der Waals surface area contributed by atoms with Gasteiger partial charge < -0.3 is 14.8 Å². The van der Waals surface area contributed by atoms with Crippen molar-refractivity contribution >= 4 is 10.2 Å². The van der Waals surface area contributed by atoms with E-state index in [0.29, 0.717) is 39.3 Å². The molecule has 1 saturated heterocycles. The van der Waals surface area contributed by atoms with Crippen LogP contribution in [0, 0.1) is 0 Å². The van der Waals surface area contributed by atoms with E-state index in [1.807, 2.05) is 13.8 Å². The van der Waals surface area contributed by atoms with E-state index < -0.39 is 10.2 Å². The Morgan fingerprint density at radius 3 is 2.42 bits per heavy atom. The van der Waals surface area contributed by atoms with Crippen molar-refractivity contribution in [3.8, 4) is 0 Å². The first-order valence-electron chi connectivity index (χ1n) is 6.55. The molecule has 0 spiro atoms. The molecule has 1 aliphatic rings. The number of hydrogen-bond donors (Lipinski definition) is 2. The Morgan fingerprint density at radius 2 is 1.84 bits per heavy atom. The zero-order valence-electron chi connectivity index (χ0n) is 11.9. The zero-order valence-corrected chi connectivity index (χ0v) is 12.7. The summed E-state index contributed by atoms with van der Waals surface area (Å²) < 4.78 is 38.6. The summed E-state index contributed by atoms with van der Waals surface area (Å²) in [6.07, 6.45) is -0.139. The van der Waals surface area contributed by atoms with Gasteiger partial charge in [-0.15, -0.1) is 0 Å². The normalized spacial score (nSPS) is 25.6. The lowest BCUT2D eigenvalue weighted by Gasteiger charge is -2.34. The van der Waals surface area contributed by atoms with E-state index in [9.17, 15) is 8.42 Å². The van der Waals surface area contributed by atoms with Crippen LogP contribution in [0.4, 0.5) is 0 Å². The van der Waals surface area contributed by atoms with Gasteiger partial charge in [-0.05, 0) is 13.8 Å². The smallest absolute Gasteiger partial charge is 0.279 e. The van der Waals surface area contributed by atoms with Crippen LogP contribution < -0.4 is 10.0 Å². The van der Waals surface area contributed by atoms with E-state index in [4.69, 9.17) is 9.47 Å². The number of nitrogens with zero attached hydrogens (tertiary/aromatic N) is 1. The van der Waals surface area contributed by atoms with Crippen molar-refractivity contribution in [3.63, 3.8) is 0 Å². The Bertz CT molecular complexity index is 340. The third-order valence-corrected chi connectivity index (χ3v) is 4.34. The van der Waals surface area contributed by atoms with Crippen LogP contribution in [0.5, 0.6) is 0 Å². The van der Waals surface area contributed by atoms with Crippen molar-refractivity contribution in [1.82, 2.24) is 14.3 Å². The van der Waals surface area contributed by atoms with Crippen LogP contribution in [0.2, 0.25) is 0 Å². The summed E-state index contributed by atoms with van der Waals surface area (Å²) >= 11 is 0. The van der Waals surface area contributed by atoms with Gasteiger partial charge in [-0.3, -0.25) is 0 Å². The Balaban J connectivity index is 2.30. The highest BCUT2D eigenvalue weighted by Crippen LogP contribution is 2.13. The molecule has 1 rings (SSSR count). The van der Waals surface area contributed by atoms with Gasteiger partial charge in [0.2, 0.25) is 0 Å². The van der Waals surface area contributed by atoms with Crippen molar-refractivity contribution in [2.24, 2.45) is 0 Å². The molecule has 0 aliphatic carbocycles. The van der Waals surface area contributed by atoms with Crippen molar-refractivity contribution < 1.29 is 17.9 Å². The first kappa shape index (κ1) is 16.8. The Labute approximate surface area is 115 Å². The van der Waals surface area contributed by atoms with Gasteiger partial charge in [0.05, 0.1) is 18.8 Å². The SMILES string of the molecule is COCCNCCNS(=O)(=O)N1CC(C)OC(C)C1. The highest BCUT2D eigenvalue weighted by atomic mass is 32.2. The van der Waals surface area contributed by atoms with Gasteiger partial charge in [0, 0.05) is 39.8 Å². The molecule has 0 saturated carbocycles. The van der Waals surface area contributed by atoms with Crippen LogP contribution in [-0.4, -0.2) is 71.4 Å². The fourth-order valence-electron chi connectivity index (χ4n) is 1.99. The standard InChI is InChI=1S/C11H25N3O4S/c1-10-8-14(9-11(2)18-10)19(15,16)13-5-4-12-6-7-17-3/h10-13H,4-9H2,1-3H3. The van der Waals surface area contributed by atoms with E-state index in [2.05, 4.69) is 10.0 Å². The van der Waals surface area contributed by atoms with Gasteiger partial charge in [-0.25, -0.2) is 4.72 Å². The number of methoxy groups -OCH3 is 1. The maximum absolute atomic E-state index is 12.1. The topological polar surface area (TPSA) is 79.9 Å². The van der Waals surface area contributed by atoms with Gasteiger partial charge in [-0.2, -0.15) is 12.7 Å². The van der Waals surface area contributed by atoms with Gasteiger partial charge >= 0.3 is 0 Å². The molecule has 0 radical (unpaired) electrons. The number of morpholine rings is 1. The molecular formula is C11H25N3O4S. The fourth-order valence-corrected chi connectivity index (χ4v) is 3.34. The molecular weight excluding hydrogens is 270 g/mol. The van der Waals surface area contributed by atoms with Gasteiger partial charge in [0.15, 0.2) is 0 Å². The van der Waals surface area contributed by atoms with Crippen LogP contribution in [0.25, 0.3) is 0 Å². The van der Waals surface area contributed by atoms with Crippen LogP contribution in [0.1, 0.15) is 13.8 Å². The molecule has 2 N–H and O–H groups in total. The fraction of sp³-hybridized carbons (Fsp3) is 1.00. The lowest BCUT2D eigenvalue weighted by atomic mass is 10.3. The monoisotopic (exact) mass is 295 g/mol. The first-order valence-corrected chi connectivity index (χ1v) is 7.99. The van der Waals surface area contributed by atoms with Crippen molar-refractivity contribution in [2.75, 3.05) is 46.4 Å². The molecule has 114 valence electrons. The Morgan fingerprint density at radius 1 is 1.21 bits per heavy atom. The molecule has 19 heavy (non-hydrogen) atoms. The molecule has 7 nitrogen and oxygen atoms in total. The molecule has 1 fully saturated rings. The van der Waals surface area contributed by atoms with E-state index in [1.165, 1.54) is 4.31 Å². The second-order valence-electron chi connectivity index (χ2n) is 4.72. The quantitative estimate of drug-likeness (QED) is 0.571. The molecule has 0 aromatic heterocycles. The highest BCUT2D eigenvalue weighted by molar-refractivity contribution is 7.87. The molecule has 1 aliphatic heterocycles. The molecule has 2 atom stereocenters. The minimum Gasteiger partial charge on any atom is -0.383 e. The number of rotatable bonds is 8. The molecule has 0 aromatic carbocycles. The molecule has 0 aromatic rings. The molecule has 0 bridgehead atoms. The lowest BCUT2D eigenvalue weighted by molar-refractivity contribution is -0.0443. The third-order valence-electron chi connectivity index (χ3n) is 2.80. The Hall–Kier alpha value is -0.250. The van der Waals surface area contributed by atoms with E-state index in [1.54, 1.807) is 7.11 Å². The predicted molar refractivity (Wildman–Crippen MR) is 73.3 cm³/mol. The minimum absolute atomic E-state index is 0.0693. The summed E-state index contributed by atoms with van der Waals surface area (Å²) in [5.74, 6) is 0. The minimum atomic E-state index is -3.41. The van der Waals surface area contributed by atoms with Crippen molar-refractivity contribution in [3.05, 3.63) is 0 Å². The van der Waals surface area contributed by atoms with Gasteiger partial charge in [0.1, 0.15) is 0 Å². The molecule has 1 heterocycles. The van der Waals surface area contributed by atoms with E-state index >= 15 is 0 Å². The van der Waals surface area contributed by atoms with Crippen LogP contribution in [0.15, 0.2) is 0 Å². The van der Waals surface area contributed by atoms with Crippen LogP contribution >= 0.6 is 0 Å². The second kappa shape index (κ2) is 8.13. The lowest BCUT2D eigenvalue weighted by Crippen LogP contribution is -2.52. The van der Waals surface area contributed by atoms with Crippen LogP contribution in [0.3, 0.4) is 0 Å². The van der Waals surface area contributed by atoms with E-state index in [-0.39, 0.29) is 12.2 Å². The Kier molecular flexibility index (Phi) is 7.19. The van der Waals surface area contributed by atoms with Gasteiger partial charge in [0.25, 0.3) is 10.2 Å². The average molecular weight is 295 g/mol. The maximum atomic E-state index is 12.1. The molecule has 8 heteroatoms. The summed E-state index contributed by atoms with van der Waals surface area (Å²) in [6, 6.07) is 0. The van der Waals surface area contributed by atoms with Crippen molar-refractivity contribution in [2.45, 2.75) is 26.1 Å². The highest BCUT2D eigenvalue weighted by Gasteiger charge is 2.30. The number of nitrogens with one attached hydrogen (secondary N) is 2. The predicted octanol–water partition coefficient (Wildman–Crippen LogP) is -0.834. The first-order chi connectivity index (χ1) is 8.95. The second-order valence-corrected chi connectivity index (χ2v) is 6.47. The van der Waals surface area contributed by atoms with Crippen LogP contribution in [-0.2, 0) is 19.7 Å². The summed E-state index contributed by atoms with van der Waals surface area (Å²) in [6.45, 7) is 6.84. The summed E-state index contributed by atoms with van der Waals surface area (Å²) in [4.78, 5) is 0.